The fraction of sp³-hybridized carbons (Fsp3) is 0.241. The van der Waals surface area contributed by atoms with Gasteiger partial charge >= 0.3 is 0 Å². The van der Waals surface area contributed by atoms with E-state index in [1.165, 1.54) is 10.0 Å². The number of hydrogen-bond acceptors (Lipinski definition) is 4. The molecular weight excluding hydrogens is 436 g/mol. The van der Waals surface area contributed by atoms with E-state index in [0.717, 1.165) is 16.7 Å². The van der Waals surface area contributed by atoms with Crippen LogP contribution in [0, 0.1) is 24.7 Å². The average Bonchev–Trinajstić information content (AvgIpc) is 3.33. The van der Waals surface area contributed by atoms with Crippen LogP contribution in [0.4, 0.5) is 11.4 Å². The lowest BCUT2D eigenvalue weighted by atomic mass is 9.85. The molecule has 2 heterocycles. The van der Waals surface area contributed by atoms with Crippen molar-refractivity contribution in [3.05, 3.63) is 95.6 Å². The van der Waals surface area contributed by atoms with Gasteiger partial charge in [0.1, 0.15) is 10.8 Å². The Kier molecular flexibility index (Phi) is 4.43. The van der Waals surface area contributed by atoms with Crippen molar-refractivity contribution in [3.8, 4) is 0 Å². The van der Waals surface area contributed by atoms with Crippen molar-refractivity contribution in [2.45, 2.75) is 33.6 Å². The highest BCUT2D eigenvalue weighted by molar-refractivity contribution is 6.37. The molecule has 6 rings (SSSR count). The van der Waals surface area contributed by atoms with E-state index in [-0.39, 0.29) is 17.7 Å². The van der Waals surface area contributed by atoms with Crippen LogP contribution in [0.2, 0.25) is 0 Å². The minimum absolute atomic E-state index is 0.178. The molecule has 1 saturated carbocycles. The van der Waals surface area contributed by atoms with E-state index in [1.807, 2.05) is 88.4 Å². The molecule has 3 aromatic carbocycles. The molecule has 0 N–H and O–H groups in total. The Balaban J connectivity index is 1.56. The summed E-state index contributed by atoms with van der Waals surface area (Å²) < 4.78 is 0. The maximum atomic E-state index is 14.3. The summed E-state index contributed by atoms with van der Waals surface area (Å²) >= 11 is 0. The summed E-state index contributed by atoms with van der Waals surface area (Å²) in [6.07, 6.45) is 0. The molecule has 35 heavy (non-hydrogen) atoms. The van der Waals surface area contributed by atoms with E-state index >= 15 is 0 Å². The van der Waals surface area contributed by atoms with Gasteiger partial charge in [-0.2, -0.15) is 20.2 Å². The van der Waals surface area contributed by atoms with Crippen LogP contribution in [-0.4, -0.2) is 23.2 Å². The second-order valence-electron chi connectivity index (χ2n) is 9.75. The van der Waals surface area contributed by atoms with Gasteiger partial charge in [-0.3, -0.25) is 9.59 Å². The third-order valence-corrected chi connectivity index (χ3v) is 7.68. The molecule has 2 amide bonds. The first kappa shape index (κ1) is 21.5. The number of hydrogen-bond donors (Lipinski definition) is 0. The number of carbonyl (C=O) groups excluding carboxylic acids is 2. The minimum atomic E-state index is -1.11. The van der Waals surface area contributed by atoms with Crippen LogP contribution in [0.1, 0.15) is 36.5 Å². The zero-order chi connectivity index (χ0) is 24.5. The average molecular weight is 463 g/mol. The number of amides is 2. The maximum Gasteiger partial charge on any atom is 0.261 e. The predicted octanol–water partition coefficient (Wildman–Crippen LogP) is 5.22. The Morgan fingerprint density at radius 2 is 1.03 bits per heavy atom. The quantitative estimate of drug-likeness (QED) is 0.536. The van der Waals surface area contributed by atoms with Crippen LogP contribution in [0.25, 0.3) is 0 Å². The predicted molar refractivity (Wildman–Crippen MR) is 138 cm³/mol. The van der Waals surface area contributed by atoms with Crippen LogP contribution in [-0.2, 0) is 9.59 Å². The molecule has 6 heteroatoms. The number of aryl methyl sites for hydroxylation is 2. The Labute approximate surface area is 204 Å². The van der Waals surface area contributed by atoms with Crippen molar-refractivity contribution < 1.29 is 9.59 Å². The summed E-state index contributed by atoms with van der Waals surface area (Å²) in [6, 6.07) is 25.1. The Morgan fingerprint density at radius 1 is 0.629 bits per heavy atom. The first-order valence-electron chi connectivity index (χ1n) is 11.8. The number of anilines is 2. The standard InChI is InChI=1S/C29H26N4O2/c1-18-15-19(2)17-22(16-18)25-28(20(3)30-32(26(28)34)23-11-7-5-8-12-23)29(25)21(4)31-33(27(29)35)24-13-9-6-10-14-24/h5-17,25H,1-4H3/t25?,28-,29+. The van der Waals surface area contributed by atoms with E-state index in [4.69, 9.17) is 10.2 Å². The van der Waals surface area contributed by atoms with E-state index in [2.05, 4.69) is 18.2 Å². The van der Waals surface area contributed by atoms with E-state index < -0.39 is 10.8 Å². The third-order valence-electron chi connectivity index (χ3n) is 7.68. The smallest absolute Gasteiger partial charge is 0.261 e. The lowest BCUT2D eigenvalue weighted by Crippen LogP contribution is -2.40. The zero-order valence-corrected chi connectivity index (χ0v) is 20.2. The van der Waals surface area contributed by atoms with Crippen LogP contribution in [0.15, 0.2) is 89.1 Å². The Morgan fingerprint density at radius 3 is 1.43 bits per heavy atom. The van der Waals surface area contributed by atoms with Gasteiger partial charge in [0, 0.05) is 5.92 Å². The molecule has 1 unspecified atom stereocenters. The first-order valence-corrected chi connectivity index (χ1v) is 11.8. The summed E-state index contributed by atoms with van der Waals surface area (Å²) in [6.45, 7) is 7.83. The van der Waals surface area contributed by atoms with Crippen molar-refractivity contribution in [1.29, 1.82) is 0 Å². The largest absolute Gasteiger partial charge is 0.271 e. The zero-order valence-electron chi connectivity index (χ0n) is 20.2. The fourth-order valence-electron chi connectivity index (χ4n) is 6.40. The monoisotopic (exact) mass is 462 g/mol. The van der Waals surface area contributed by atoms with Gasteiger partial charge in [0.15, 0.2) is 0 Å². The van der Waals surface area contributed by atoms with Crippen molar-refractivity contribution in [3.63, 3.8) is 0 Å². The minimum Gasteiger partial charge on any atom is -0.271 e. The molecule has 3 atom stereocenters. The number of nitrogens with zero attached hydrogens (tertiary/aromatic N) is 4. The number of rotatable bonds is 3. The van der Waals surface area contributed by atoms with Crippen LogP contribution in [0.5, 0.6) is 0 Å². The van der Waals surface area contributed by atoms with Gasteiger partial charge in [0.25, 0.3) is 11.8 Å². The molecule has 3 aromatic rings. The van der Waals surface area contributed by atoms with Gasteiger partial charge in [-0.15, -0.1) is 0 Å². The maximum absolute atomic E-state index is 14.3. The number of carbonyl (C=O) groups is 2. The van der Waals surface area contributed by atoms with Gasteiger partial charge in [0.05, 0.1) is 22.8 Å². The number of hydrazone groups is 2. The molecule has 2 spiro atoms. The van der Waals surface area contributed by atoms with Gasteiger partial charge in [-0.1, -0.05) is 65.7 Å². The summed E-state index contributed by atoms with van der Waals surface area (Å²) in [4.78, 5) is 28.7. The molecule has 1 aliphatic carbocycles. The molecule has 174 valence electrons. The summed E-state index contributed by atoms with van der Waals surface area (Å²) in [5, 5.41) is 12.4. The van der Waals surface area contributed by atoms with Gasteiger partial charge in [0.2, 0.25) is 0 Å². The number of para-hydroxylation sites is 2. The lowest BCUT2D eigenvalue weighted by molar-refractivity contribution is -0.126. The third kappa shape index (κ3) is 2.59. The molecule has 6 nitrogen and oxygen atoms in total. The van der Waals surface area contributed by atoms with Crippen LogP contribution >= 0.6 is 0 Å². The highest BCUT2D eigenvalue weighted by Gasteiger charge is 2.91. The normalized spacial score (nSPS) is 27.1. The SMILES string of the molecule is CC1=NN(c2ccccc2)C(=O)[C@@]12C(c1cc(C)cc(C)c1)[C@]21C(=O)N(c2ccccc2)N=C1C. The first-order chi connectivity index (χ1) is 16.8. The summed E-state index contributed by atoms with van der Waals surface area (Å²) in [5.74, 6) is -0.741. The highest BCUT2D eigenvalue weighted by Crippen LogP contribution is 2.79. The molecule has 0 aromatic heterocycles. The summed E-state index contributed by atoms with van der Waals surface area (Å²) in [7, 11) is 0. The van der Waals surface area contributed by atoms with Gasteiger partial charge in [-0.05, 0) is 57.5 Å². The molecule has 3 aliphatic rings. The molecule has 0 saturated heterocycles. The van der Waals surface area contributed by atoms with E-state index in [9.17, 15) is 9.59 Å². The number of benzene rings is 3. The van der Waals surface area contributed by atoms with Crippen molar-refractivity contribution in [2.75, 3.05) is 10.0 Å². The molecule has 0 bridgehead atoms. The van der Waals surface area contributed by atoms with Crippen LogP contribution < -0.4 is 10.0 Å². The van der Waals surface area contributed by atoms with Gasteiger partial charge in [-0.25, -0.2) is 0 Å². The summed E-state index contributed by atoms with van der Waals surface area (Å²) in [5.41, 5.74) is 3.60. The highest BCUT2D eigenvalue weighted by atomic mass is 16.2. The van der Waals surface area contributed by atoms with E-state index in [0.29, 0.717) is 22.8 Å². The fourth-order valence-corrected chi connectivity index (χ4v) is 6.40. The second-order valence-corrected chi connectivity index (χ2v) is 9.75. The van der Waals surface area contributed by atoms with Crippen molar-refractivity contribution in [1.82, 2.24) is 0 Å². The van der Waals surface area contributed by atoms with E-state index in [1.54, 1.807) is 0 Å². The van der Waals surface area contributed by atoms with Crippen LogP contribution in [0.3, 0.4) is 0 Å². The molecule has 0 radical (unpaired) electrons. The molecular formula is C29H26N4O2. The van der Waals surface area contributed by atoms with Gasteiger partial charge < -0.3 is 0 Å². The molecule has 2 aliphatic heterocycles. The Bertz CT molecular complexity index is 1340. The topological polar surface area (TPSA) is 65.3 Å². The lowest BCUT2D eigenvalue weighted by Gasteiger charge is -2.18. The molecule has 1 fully saturated rings. The number of fused-ring (bicyclic) bond motifs is 1. The van der Waals surface area contributed by atoms with Crippen molar-refractivity contribution in [2.24, 2.45) is 21.0 Å². The second kappa shape index (κ2) is 7.22. The Hall–Kier alpha value is -4.06. The van der Waals surface area contributed by atoms with Crippen molar-refractivity contribution >= 4 is 34.6 Å².